The van der Waals surface area contributed by atoms with Crippen LogP contribution >= 0.6 is 15.9 Å². The largest absolute Gasteiger partial charge is 0.349 e. The fourth-order valence-corrected chi connectivity index (χ4v) is 2.44. The summed E-state index contributed by atoms with van der Waals surface area (Å²) in [7, 11) is 0. The molecule has 0 radical (unpaired) electrons. The van der Waals surface area contributed by atoms with E-state index in [-0.39, 0.29) is 11.9 Å². The van der Waals surface area contributed by atoms with E-state index in [0.717, 1.165) is 16.7 Å². The highest BCUT2D eigenvalue weighted by Crippen LogP contribution is 2.25. The molecule has 18 heavy (non-hydrogen) atoms. The van der Waals surface area contributed by atoms with Gasteiger partial charge in [0, 0.05) is 12.6 Å². The summed E-state index contributed by atoms with van der Waals surface area (Å²) in [5.74, 6) is 0.142. The average Bonchev–Trinajstić information content (AvgIpc) is 2.68. The number of nitrogens with one attached hydrogen (secondary N) is 3. The molecule has 0 spiro atoms. The molecule has 1 rings (SSSR count). The van der Waals surface area contributed by atoms with Crippen molar-refractivity contribution in [2.75, 3.05) is 13.1 Å². The Labute approximate surface area is 116 Å². The van der Waals surface area contributed by atoms with Crippen molar-refractivity contribution in [1.29, 1.82) is 0 Å². The van der Waals surface area contributed by atoms with Crippen LogP contribution in [0.4, 0.5) is 0 Å². The molecule has 0 bridgehead atoms. The van der Waals surface area contributed by atoms with Gasteiger partial charge in [-0.2, -0.15) is 5.10 Å². The van der Waals surface area contributed by atoms with Crippen molar-refractivity contribution in [1.82, 2.24) is 20.8 Å². The van der Waals surface area contributed by atoms with Crippen molar-refractivity contribution in [3.05, 3.63) is 15.9 Å². The Morgan fingerprint density at radius 2 is 2.11 bits per heavy atom. The number of H-pyrrole nitrogens is 1. The maximum Gasteiger partial charge on any atom is 0.273 e. The van der Waals surface area contributed by atoms with E-state index in [4.69, 9.17) is 0 Å². The number of aromatic amines is 1. The molecule has 3 N–H and O–H groups in total. The van der Waals surface area contributed by atoms with Crippen LogP contribution in [0.3, 0.4) is 0 Å². The van der Waals surface area contributed by atoms with Crippen LogP contribution in [0, 0.1) is 0 Å². The van der Waals surface area contributed by atoms with Crippen molar-refractivity contribution in [3.63, 3.8) is 0 Å². The van der Waals surface area contributed by atoms with Crippen LogP contribution < -0.4 is 10.6 Å². The second-order valence-electron chi connectivity index (χ2n) is 4.62. The van der Waals surface area contributed by atoms with Crippen LogP contribution in [0.5, 0.6) is 0 Å². The number of carbonyl (C=O) groups is 1. The molecular weight excluding hydrogens is 296 g/mol. The van der Waals surface area contributed by atoms with Crippen molar-refractivity contribution >= 4 is 21.8 Å². The lowest BCUT2D eigenvalue weighted by molar-refractivity contribution is 0.0944. The number of aromatic nitrogens is 2. The van der Waals surface area contributed by atoms with E-state index in [0.29, 0.717) is 18.2 Å². The fourth-order valence-electron chi connectivity index (χ4n) is 1.62. The van der Waals surface area contributed by atoms with E-state index in [1.807, 2.05) is 27.7 Å². The summed E-state index contributed by atoms with van der Waals surface area (Å²) in [5.41, 5.74) is 1.36. The van der Waals surface area contributed by atoms with Gasteiger partial charge in [-0.1, -0.05) is 20.8 Å². The lowest BCUT2D eigenvalue weighted by Crippen LogP contribution is -2.39. The van der Waals surface area contributed by atoms with Crippen molar-refractivity contribution in [3.8, 4) is 0 Å². The van der Waals surface area contributed by atoms with Gasteiger partial charge in [0.15, 0.2) is 5.69 Å². The van der Waals surface area contributed by atoms with E-state index in [9.17, 15) is 4.79 Å². The minimum atomic E-state index is -0.158. The van der Waals surface area contributed by atoms with E-state index in [1.165, 1.54) is 0 Å². The van der Waals surface area contributed by atoms with Crippen molar-refractivity contribution in [2.24, 2.45) is 0 Å². The minimum absolute atomic E-state index is 0.158. The molecule has 0 aliphatic heterocycles. The summed E-state index contributed by atoms with van der Waals surface area (Å²) < 4.78 is 0.756. The maximum atomic E-state index is 12.0. The lowest BCUT2D eigenvalue weighted by atomic mass is 10.1. The predicted octanol–water partition coefficient (Wildman–Crippen LogP) is 2.02. The Morgan fingerprint density at radius 1 is 1.44 bits per heavy atom. The summed E-state index contributed by atoms with van der Waals surface area (Å²) >= 11 is 3.42. The second-order valence-corrected chi connectivity index (χ2v) is 5.42. The highest BCUT2D eigenvalue weighted by atomic mass is 79.9. The fraction of sp³-hybridized carbons (Fsp3) is 0.667. The molecule has 0 unspecified atom stereocenters. The van der Waals surface area contributed by atoms with E-state index < -0.39 is 0 Å². The molecule has 1 atom stereocenters. The number of likely N-dealkylation sites (N-methyl/N-ethyl adjacent to an activating group) is 1. The molecule has 102 valence electrons. The number of hydrogen-bond donors (Lipinski definition) is 3. The standard InChI is InChI=1S/C12H21BrN4O/c1-5-14-8(4)6-15-12(18)11-9(13)10(7(2)3)16-17-11/h7-8,14H,5-6H2,1-4H3,(H,15,18)(H,16,17)/t8-/m1/s1. The number of hydrogen-bond acceptors (Lipinski definition) is 3. The highest BCUT2D eigenvalue weighted by molar-refractivity contribution is 9.10. The Balaban J connectivity index is 2.62. The third-order valence-corrected chi connectivity index (χ3v) is 3.45. The van der Waals surface area contributed by atoms with Gasteiger partial charge in [-0.15, -0.1) is 0 Å². The van der Waals surface area contributed by atoms with Gasteiger partial charge in [-0.25, -0.2) is 0 Å². The van der Waals surface area contributed by atoms with Gasteiger partial charge in [0.05, 0.1) is 10.2 Å². The van der Waals surface area contributed by atoms with Crippen LogP contribution in [-0.2, 0) is 0 Å². The van der Waals surface area contributed by atoms with Gasteiger partial charge in [0.1, 0.15) is 0 Å². The predicted molar refractivity (Wildman–Crippen MR) is 75.8 cm³/mol. The number of rotatable bonds is 6. The third-order valence-electron chi connectivity index (χ3n) is 2.65. The first-order valence-electron chi connectivity index (χ1n) is 6.22. The molecule has 1 aromatic heterocycles. The molecule has 0 saturated heterocycles. The normalized spacial score (nSPS) is 12.8. The van der Waals surface area contributed by atoms with Crippen LogP contribution in [0.1, 0.15) is 49.8 Å². The Bertz CT molecular complexity index is 403. The van der Waals surface area contributed by atoms with Gasteiger partial charge in [0.25, 0.3) is 5.91 Å². The molecular formula is C12H21BrN4O. The molecule has 0 aliphatic rings. The summed E-state index contributed by atoms with van der Waals surface area (Å²) in [6.07, 6.45) is 0. The molecule has 6 heteroatoms. The molecule has 0 fully saturated rings. The lowest BCUT2D eigenvalue weighted by Gasteiger charge is -2.12. The van der Waals surface area contributed by atoms with Gasteiger partial charge in [0.2, 0.25) is 0 Å². The van der Waals surface area contributed by atoms with E-state index >= 15 is 0 Å². The van der Waals surface area contributed by atoms with Crippen molar-refractivity contribution < 1.29 is 4.79 Å². The number of carbonyl (C=O) groups excluding carboxylic acids is 1. The molecule has 5 nitrogen and oxygen atoms in total. The maximum absolute atomic E-state index is 12.0. The topological polar surface area (TPSA) is 69.8 Å². The molecule has 0 saturated carbocycles. The Hall–Kier alpha value is -0.880. The zero-order chi connectivity index (χ0) is 13.7. The third kappa shape index (κ3) is 3.81. The minimum Gasteiger partial charge on any atom is -0.349 e. The highest BCUT2D eigenvalue weighted by Gasteiger charge is 2.19. The summed E-state index contributed by atoms with van der Waals surface area (Å²) in [6, 6.07) is 0.251. The van der Waals surface area contributed by atoms with Crippen LogP contribution in [0.15, 0.2) is 4.47 Å². The SMILES string of the molecule is CCN[C@H](C)CNC(=O)c1n[nH]c(C(C)C)c1Br. The molecule has 1 amide bonds. The van der Waals surface area contributed by atoms with Gasteiger partial charge in [-0.3, -0.25) is 9.89 Å². The zero-order valence-corrected chi connectivity index (χ0v) is 12.9. The molecule has 0 aliphatic carbocycles. The van der Waals surface area contributed by atoms with E-state index in [2.05, 4.69) is 36.8 Å². The zero-order valence-electron chi connectivity index (χ0n) is 11.3. The molecule has 0 aromatic carbocycles. The van der Waals surface area contributed by atoms with Crippen LogP contribution in [0.25, 0.3) is 0 Å². The number of halogens is 1. The van der Waals surface area contributed by atoms with Crippen molar-refractivity contribution in [2.45, 2.75) is 39.7 Å². The van der Waals surface area contributed by atoms with Crippen LogP contribution in [-0.4, -0.2) is 35.2 Å². The smallest absolute Gasteiger partial charge is 0.273 e. The monoisotopic (exact) mass is 316 g/mol. The molecule has 1 aromatic rings. The number of amides is 1. The second kappa shape index (κ2) is 6.89. The summed E-state index contributed by atoms with van der Waals surface area (Å²) in [4.78, 5) is 12.0. The first-order chi connectivity index (χ1) is 8.47. The number of nitrogens with zero attached hydrogens (tertiary/aromatic N) is 1. The Kier molecular flexibility index (Phi) is 5.81. The van der Waals surface area contributed by atoms with Gasteiger partial charge >= 0.3 is 0 Å². The van der Waals surface area contributed by atoms with Crippen LogP contribution in [0.2, 0.25) is 0 Å². The van der Waals surface area contributed by atoms with Gasteiger partial charge in [-0.05, 0) is 35.3 Å². The average molecular weight is 317 g/mol. The quantitative estimate of drug-likeness (QED) is 0.752. The Morgan fingerprint density at radius 3 is 2.61 bits per heavy atom. The van der Waals surface area contributed by atoms with Gasteiger partial charge < -0.3 is 10.6 Å². The first kappa shape index (κ1) is 15.2. The van der Waals surface area contributed by atoms with E-state index in [1.54, 1.807) is 0 Å². The summed E-state index contributed by atoms with van der Waals surface area (Å²) in [5, 5.41) is 13.0. The molecule has 1 heterocycles. The summed E-state index contributed by atoms with van der Waals surface area (Å²) in [6.45, 7) is 9.64. The first-order valence-corrected chi connectivity index (χ1v) is 7.02.